The van der Waals surface area contributed by atoms with E-state index in [-0.39, 0.29) is 18.9 Å². The molecular formula is C16H16FN3O5. The first-order chi connectivity index (χ1) is 11.9. The zero-order chi connectivity index (χ0) is 18.0. The quantitative estimate of drug-likeness (QED) is 0.859. The lowest BCUT2D eigenvalue weighted by atomic mass is 10.1. The normalized spacial score (nSPS) is 20.0. The Balaban J connectivity index is 1.72. The summed E-state index contributed by atoms with van der Waals surface area (Å²) in [5.41, 5.74) is 0.630. The van der Waals surface area contributed by atoms with Crippen molar-refractivity contribution in [3.63, 3.8) is 0 Å². The number of hydrogen-bond acceptors (Lipinski definition) is 5. The monoisotopic (exact) mass is 349 g/mol. The summed E-state index contributed by atoms with van der Waals surface area (Å²) in [5.74, 6) is -0.537. The molecule has 2 amide bonds. The lowest BCUT2D eigenvalue weighted by molar-refractivity contribution is -0.114. The lowest BCUT2D eigenvalue weighted by Crippen LogP contribution is -2.33. The van der Waals surface area contributed by atoms with Crippen molar-refractivity contribution in [2.75, 3.05) is 29.4 Å². The van der Waals surface area contributed by atoms with Gasteiger partial charge in [-0.1, -0.05) is 0 Å². The maximum absolute atomic E-state index is 14.4. The third-order valence-electron chi connectivity index (χ3n) is 3.95. The number of benzene rings is 1. The fourth-order valence-electron chi connectivity index (χ4n) is 2.70. The number of cyclic esters (lactones) is 1. The van der Waals surface area contributed by atoms with E-state index >= 15 is 0 Å². The maximum Gasteiger partial charge on any atom is 0.414 e. The van der Waals surface area contributed by atoms with Crippen LogP contribution in [0.25, 0.3) is 0 Å². The van der Waals surface area contributed by atoms with E-state index in [1.807, 2.05) is 0 Å². The SMILES string of the molecule is O=C1C=CN(c2ccc(N3C[C@H](CNC(=O)O)OC3=O)cc2F)CC1. The summed E-state index contributed by atoms with van der Waals surface area (Å²) < 4.78 is 19.5. The summed E-state index contributed by atoms with van der Waals surface area (Å²) in [5, 5.41) is 10.7. The van der Waals surface area contributed by atoms with Crippen molar-refractivity contribution in [3.8, 4) is 0 Å². The Morgan fingerprint density at radius 3 is 2.84 bits per heavy atom. The van der Waals surface area contributed by atoms with E-state index in [1.165, 1.54) is 29.3 Å². The molecule has 0 bridgehead atoms. The van der Waals surface area contributed by atoms with Gasteiger partial charge in [0.05, 0.1) is 24.5 Å². The second kappa shape index (κ2) is 6.80. The summed E-state index contributed by atoms with van der Waals surface area (Å²) in [7, 11) is 0. The Kier molecular flexibility index (Phi) is 4.55. The molecule has 1 atom stereocenters. The van der Waals surface area contributed by atoms with E-state index in [0.29, 0.717) is 24.3 Å². The van der Waals surface area contributed by atoms with Crippen LogP contribution in [0.3, 0.4) is 0 Å². The highest BCUT2D eigenvalue weighted by atomic mass is 19.1. The van der Waals surface area contributed by atoms with E-state index in [4.69, 9.17) is 9.84 Å². The van der Waals surface area contributed by atoms with Gasteiger partial charge in [0.15, 0.2) is 5.78 Å². The standard InChI is InChI=1S/C16H16FN3O5/c17-13-7-10(1-2-14(13)19-5-3-11(21)4-6-19)20-9-12(25-16(20)24)8-18-15(22)23/h1-3,5,7,12,18H,4,6,8-9H2,(H,22,23)/t12-/m0/s1. The molecule has 0 aromatic heterocycles. The van der Waals surface area contributed by atoms with Crippen LogP contribution in [0.4, 0.5) is 25.4 Å². The smallest absolute Gasteiger partial charge is 0.414 e. The van der Waals surface area contributed by atoms with Crippen LogP contribution < -0.4 is 15.1 Å². The molecule has 2 heterocycles. The van der Waals surface area contributed by atoms with E-state index in [2.05, 4.69) is 5.32 Å². The van der Waals surface area contributed by atoms with Crippen LogP contribution in [0.1, 0.15) is 6.42 Å². The molecule has 3 rings (SSSR count). The molecule has 1 aromatic rings. The van der Waals surface area contributed by atoms with Crippen molar-refractivity contribution in [2.45, 2.75) is 12.5 Å². The minimum Gasteiger partial charge on any atom is -0.465 e. The number of carboxylic acid groups (broad SMARTS) is 1. The second-order valence-electron chi connectivity index (χ2n) is 5.66. The number of ether oxygens (including phenoxy) is 1. The minimum atomic E-state index is -1.21. The number of carbonyl (C=O) groups excluding carboxylic acids is 2. The van der Waals surface area contributed by atoms with E-state index in [9.17, 15) is 18.8 Å². The molecule has 2 aliphatic rings. The summed E-state index contributed by atoms with van der Waals surface area (Å²) in [4.78, 5) is 36.5. The molecule has 1 fully saturated rings. The Labute approximate surface area is 142 Å². The largest absolute Gasteiger partial charge is 0.465 e. The van der Waals surface area contributed by atoms with E-state index in [0.717, 1.165) is 0 Å². The number of nitrogens with zero attached hydrogens (tertiary/aromatic N) is 2. The first kappa shape index (κ1) is 16.7. The first-order valence-corrected chi connectivity index (χ1v) is 7.66. The number of nitrogens with one attached hydrogen (secondary N) is 1. The molecule has 0 aliphatic carbocycles. The van der Waals surface area contributed by atoms with Crippen LogP contribution in [0.15, 0.2) is 30.5 Å². The van der Waals surface area contributed by atoms with Gasteiger partial charge >= 0.3 is 12.2 Å². The van der Waals surface area contributed by atoms with Crippen LogP contribution in [0.2, 0.25) is 0 Å². The fraction of sp³-hybridized carbons (Fsp3) is 0.312. The molecule has 132 valence electrons. The highest BCUT2D eigenvalue weighted by Crippen LogP contribution is 2.28. The summed E-state index contributed by atoms with van der Waals surface area (Å²) in [6.07, 6.45) is 0.735. The number of amides is 2. The molecule has 0 radical (unpaired) electrons. The van der Waals surface area contributed by atoms with Gasteiger partial charge in [0.1, 0.15) is 11.9 Å². The van der Waals surface area contributed by atoms with Crippen molar-refractivity contribution in [1.29, 1.82) is 0 Å². The maximum atomic E-state index is 14.4. The average molecular weight is 349 g/mol. The molecule has 8 nitrogen and oxygen atoms in total. The predicted molar refractivity (Wildman–Crippen MR) is 86.2 cm³/mol. The fourth-order valence-corrected chi connectivity index (χ4v) is 2.70. The van der Waals surface area contributed by atoms with Crippen molar-refractivity contribution in [3.05, 3.63) is 36.3 Å². The Morgan fingerprint density at radius 2 is 2.20 bits per heavy atom. The number of carbonyl (C=O) groups is 3. The molecule has 1 saturated heterocycles. The predicted octanol–water partition coefficient (Wildman–Crippen LogP) is 1.71. The molecule has 25 heavy (non-hydrogen) atoms. The Bertz CT molecular complexity index is 751. The van der Waals surface area contributed by atoms with Crippen molar-refractivity contribution >= 4 is 29.3 Å². The van der Waals surface area contributed by atoms with Crippen molar-refractivity contribution < 1.29 is 28.6 Å². The van der Waals surface area contributed by atoms with Gasteiger partial charge in [0.25, 0.3) is 0 Å². The van der Waals surface area contributed by atoms with Gasteiger partial charge in [0, 0.05) is 19.2 Å². The van der Waals surface area contributed by atoms with E-state index < -0.39 is 24.1 Å². The van der Waals surface area contributed by atoms with Gasteiger partial charge in [0.2, 0.25) is 0 Å². The van der Waals surface area contributed by atoms with Gasteiger partial charge in [-0.2, -0.15) is 0 Å². The third kappa shape index (κ3) is 3.70. The highest BCUT2D eigenvalue weighted by Gasteiger charge is 2.33. The number of halogens is 1. The minimum absolute atomic E-state index is 0.00546. The zero-order valence-electron chi connectivity index (χ0n) is 13.1. The van der Waals surface area contributed by atoms with Crippen molar-refractivity contribution in [1.82, 2.24) is 5.32 Å². The molecule has 2 N–H and O–H groups in total. The van der Waals surface area contributed by atoms with Crippen molar-refractivity contribution in [2.24, 2.45) is 0 Å². The van der Waals surface area contributed by atoms with Crippen LogP contribution in [-0.4, -0.2) is 48.8 Å². The lowest BCUT2D eigenvalue weighted by Gasteiger charge is -2.24. The molecule has 0 unspecified atom stereocenters. The number of rotatable bonds is 4. The Morgan fingerprint density at radius 1 is 1.40 bits per heavy atom. The summed E-state index contributed by atoms with van der Waals surface area (Å²) in [6, 6.07) is 4.33. The highest BCUT2D eigenvalue weighted by molar-refractivity contribution is 5.92. The van der Waals surface area contributed by atoms with E-state index in [1.54, 1.807) is 11.0 Å². The van der Waals surface area contributed by atoms with Gasteiger partial charge in [-0.15, -0.1) is 0 Å². The van der Waals surface area contributed by atoms with Gasteiger partial charge in [-0.3, -0.25) is 9.69 Å². The molecule has 9 heteroatoms. The third-order valence-corrected chi connectivity index (χ3v) is 3.95. The molecular weight excluding hydrogens is 333 g/mol. The van der Waals surface area contributed by atoms with Gasteiger partial charge in [-0.05, 0) is 24.3 Å². The summed E-state index contributed by atoms with van der Waals surface area (Å²) >= 11 is 0. The van der Waals surface area contributed by atoms with Crippen LogP contribution in [0.5, 0.6) is 0 Å². The first-order valence-electron chi connectivity index (χ1n) is 7.66. The number of hydrogen-bond donors (Lipinski definition) is 2. The number of anilines is 2. The van der Waals surface area contributed by atoms with Crippen LogP contribution >= 0.6 is 0 Å². The molecule has 2 aliphatic heterocycles. The second-order valence-corrected chi connectivity index (χ2v) is 5.66. The van der Waals surface area contributed by atoms with Crippen LogP contribution in [-0.2, 0) is 9.53 Å². The van der Waals surface area contributed by atoms with Gasteiger partial charge < -0.3 is 20.1 Å². The topological polar surface area (TPSA) is 99.2 Å². The average Bonchev–Trinajstić information content (AvgIpc) is 2.95. The Hall–Kier alpha value is -3.10. The van der Waals surface area contributed by atoms with Gasteiger partial charge in [-0.25, -0.2) is 14.0 Å². The van der Waals surface area contributed by atoms with Crippen LogP contribution in [0, 0.1) is 5.82 Å². The zero-order valence-corrected chi connectivity index (χ0v) is 13.1. The molecule has 0 saturated carbocycles. The summed E-state index contributed by atoms with van der Waals surface area (Å²) in [6.45, 7) is 0.473. The molecule has 0 spiro atoms. The molecule has 1 aromatic carbocycles. The number of allylic oxidation sites excluding steroid dienone is 1. The number of ketones is 1.